The van der Waals surface area contributed by atoms with Gasteiger partial charge in [-0.3, -0.25) is 9.59 Å². The molecule has 0 atom stereocenters. The van der Waals surface area contributed by atoms with E-state index in [1.165, 1.54) is 24.3 Å². The third-order valence-electron chi connectivity index (χ3n) is 4.53. The lowest BCUT2D eigenvalue weighted by Crippen LogP contribution is -2.35. The Kier molecular flexibility index (Phi) is 6.78. The maximum atomic E-state index is 12.6. The van der Waals surface area contributed by atoms with Crippen LogP contribution in [0.4, 0.5) is 29.3 Å². The predicted octanol–water partition coefficient (Wildman–Crippen LogP) is 3.61. The minimum Gasteiger partial charge on any atom is -0.354 e. The molecular weight excluding hydrogens is 413 g/mol. The Morgan fingerprint density at radius 2 is 1.32 bits per heavy atom. The van der Waals surface area contributed by atoms with E-state index in [9.17, 15) is 27.6 Å². The van der Waals surface area contributed by atoms with Crippen molar-refractivity contribution in [3.05, 3.63) is 59.7 Å². The lowest BCUT2D eigenvalue weighted by Gasteiger charge is -2.10. The number of urea groups is 1. The van der Waals surface area contributed by atoms with E-state index in [0.29, 0.717) is 24.3 Å². The summed E-state index contributed by atoms with van der Waals surface area (Å²) >= 11 is 0. The summed E-state index contributed by atoms with van der Waals surface area (Å²) in [6, 6.07) is 9.51. The minimum atomic E-state index is -4.45. The monoisotopic (exact) mass is 434 g/mol. The van der Waals surface area contributed by atoms with Gasteiger partial charge in [0.15, 0.2) is 0 Å². The van der Waals surface area contributed by atoms with Crippen LogP contribution in [0.25, 0.3) is 0 Å². The van der Waals surface area contributed by atoms with Crippen LogP contribution in [0.1, 0.15) is 28.8 Å². The second-order valence-electron chi connectivity index (χ2n) is 7.05. The van der Waals surface area contributed by atoms with Gasteiger partial charge in [0.1, 0.15) is 0 Å². The molecule has 2 aromatic rings. The van der Waals surface area contributed by atoms with Gasteiger partial charge in [0.05, 0.1) is 5.56 Å². The molecule has 4 amide bonds. The molecule has 0 bridgehead atoms. The van der Waals surface area contributed by atoms with Gasteiger partial charge >= 0.3 is 12.2 Å². The van der Waals surface area contributed by atoms with E-state index in [0.717, 1.165) is 37.1 Å². The fourth-order valence-electron chi connectivity index (χ4n) is 2.69. The number of halogens is 3. The van der Waals surface area contributed by atoms with Gasteiger partial charge in [-0.2, -0.15) is 13.2 Å². The first-order valence-corrected chi connectivity index (χ1v) is 9.63. The zero-order valence-corrected chi connectivity index (χ0v) is 16.4. The largest absolute Gasteiger partial charge is 0.416 e. The summed E-state index contributed by atoms with van der Waals surface area (Å²) in [5, 5.41) is 10.4. The molecule has 4 N–H and O–H groups in total. The summed E-state index contributed by atoms with van der Waals surface area (Å²) in [7, 11) is 0. The molecule has 0 saturated heterocycles. The first-order valence-electron chi connectivity index (χ1n) is 9.63. The normalized spacial score (nSPS) is 13.3. The Balaban J connectivity index is 1.43. The third kappa shape index (κ3) is 6.73. The summed E-state index contributed by atoms with van der Waals surface area (Å²) in [6.45, 7) is 0.650. The number of hydrogen-bond acceptors (Lipinski definition) is 3. The van der Waals surface area contributed by atoms with Crippen LogP contribution in [-0.4, -0.2) is 30.9 Å². The average Bonchev–Trinajstić information content (AvgIpc) is 3.56. The average molecular weight is 434 g/mol. The van der Waals surface area contributed by atoms with E-state index in [-0.39, 0.29) is 23.4 Å². The molecule has 164 valence electrons. The van der Waals surface area contributed by atoms with Gasteiger partial charge in [0.25, 0.3) is 5.91 Å². The lowest BCUT2D eigenvalue weighted by atomic mass is 10.2. The molecule has 0 aromatic heterocycles. The second-order valence-corrected chi connectivity index (χ2v) is 7.05. The zero-order valence-electron chi connectivity index (χ0n) is 16.4. The van der Waals surface area contributed by atoms with Crippen molar-refractivity contribution in [2.75, 3.05) is 23.7 Å². The van der Waals surface area contributed by atoms with Gasteiger partial charge in [-0.15, -0.1) is 0 Å². The number of alkyl halides is 3. The van der Waals surface area contributed by atoms with E-state index < -0.39 is 17.8 Å². The smallest absolute Gasteiger partial charge is 0.354 e. The SMILES string of the molecule is O=C(Nc1ccc(C(=O)NCCNC(=O)C2CC2)cc1)Nc1ccc(C(F)(F)F)cc1. The number of anilines is 2. The van der Waals surface area contributed by atoms with Crippen molar-refractivity contribution in [2.24, 2.45) is 5.92 Å². The number of hydrogen-bond donors (Lipinski definition) is 4. The maximum Gasteiger partial charge on any atom is 0.416 e. The molecule has 0 radical (unpaired) electrons. The second kappa shape index (κ2) is 9.50. The van der Waals surface area contributed by atoms with Crippen LogP contribution in [0, 0.1) is 5.92 Å². The summed E-state index contributed by atoms with van der Waals surface area (Å²) in [5.41, 5.74) is 0.174. The molecule has 10 heteroatoms. The van der Waals surface area contributed by atoms with E-state index in [4.69, 9.17) is 0 Å². The van der Waals surface area contributed by atoms with E-state index in [1.807, 2.05) is 0 Å². The van der Waals surface area contributed by atoms with E-state index in [2.05, 4.69) is 21.3 Å². The molecule has 3 rings (SSSR count). The van der Waals surface area contributed by atoms with Crippen LogP contribution in [0.5, 0.6) is 0 Å². The molecule has 1 saturated carbocycles. The van der Waals surface area contributed by atoms with Gasteiger partial charge in [-0.25, -0.2) is 4.79 Å². The molecule has 0 heterocycles. The van der Waals surface area contributed by atoms with Gasteiger partial charge in [0, 0.05) is 35.9 Å². The van der Waals surface area contributed by atoms with Crippen molar-refractivity contribution in [3.63, 3.8) is 0 Å². The van der Waals surface area contributed by atoms with Crippen LogP contribution in [0.3, 0.4) is 0 Å². The molecule has 0 aliphatic heterocycles. The summed E-state index contributed by atoms with van der Waals surface area (Å²) in [4.78, 5) is 35.6. The fourth-order valence-corrected chi connectivity index (χ4v) is 2.69. The lowest BCUT2D eigenvalue weighted by molar-refractivity contribution is -0.137. The van der Waals surface area contributed by atoms with Crippen LogP contribution in [0.2, 0.25) is 0 Å². The van der Waals surface area contributed by atoms with Crippen LogP contribution >= 0.6 is 0 Å². The third-order valence-corrected chi connectivity index (χ3v) is 4.53. The molecule has 31 heavy (non-hydrogen) atoms. The Hall–Kier alpha value is -3.56. The van der Waals surface area contributed by atoms with Crippen molar-refractivity contribution in [3.8, 4) is 0 Å². The standard InChI is InChI=1S/C21H21F3N4O3/c22-21(23,24)15-5-9-17(10-6-15)28-20(31)27-16-7-3-14(4-8-16)19(30)26-12-11-25-18(29)13-1-2-13/h3-10,13H,1-2,11-12H2,(H,25,29)(H,26,30)(H2,27,28,31). The highest BCUT2D eigenvalue weighted by atomic mass is 19.4. The Morgan fingerprint density at radius 3 is 1.84 bits per heavy atom. The summed E-state index contributed by atoms with van der Waals surface area (Å²) in [6.07, 6.45) is -2.61. The number of benzene rings is 2. The Labute approximate surface area is 176 Å². The number of amides is 4. The number of rotatable bonds is 7. The summed E-state index contributed by atoms with van der Waals surface area (Å²) in [5.74, 6) is -0.187. The highest BCUT2D eigenvalue weighted by Crippen LogP contribution is 2.30. The molecule has 2 aromatic carbocycles. The first-order chi connectivity index (χ1) is 14.7. The van der Waals surface area contributed by atoms with Crippen molar-refractivity contribution in [1.29, 1.82) is 0 Å². The van der Waals surface area contributed by atoms with Crippen molar-refractivity contribution >= 4 is 29.2 Å². The topological polar surface area (TPSA) is 99.3 Å². The Morgan fingerprint density at radius 1 is 0.806 bits per heavy atom. The first kappa shape index (κ1) is 22.1. The molecule has 0 spiro atoms. The molecule has 1 aliphatic carbocycles. The highest BCUT2D eigenvalue weighted by molar-refractivity contribution is 6.00. The van der Waals surface area contributed by atoms with Gasteiger partial charge in [0.2, 0.25) is 5.91 Å². The number of nitrogens with one attached hydrogen (secondary N) is 4. The number of carbonyl (C=O) groups excluding carboxylic acids is 3. The van der Waals surface area contributed by atoms with Crippen LogP contribution in [0.15, 0.2) is 48.5 Å². The van der Waals surface area contributed by atoms with E-state index in [1.54, 1.807) is 0 Å². The molecule has 0 unspecified atom stereocenters. The Bertz CT molecular complexity index is 940. The molecule has 1 aliphatic rings. The van der Waals surface area contributed by atoms with Crippen molar-refractivity contribution in [2.45, 2.75) is 19.0 Å². The minimum absolute atomic E-state index is 0.0132. The van der Waals surface area contributed by atoms with Crippen LogP contribution in [-0.2, 0) is 11.0 Å². The predicted molar refractivity (Wildman–Crippen MR) is 109 cm³/mol. The van der Waals surface area contributed by atoms with Crippen molar-refractivity contribution in [1.82, 2.24) is 10.6 Å². The van der Waals surface area contributed by atoms with Gasteiger partial charge in [-0.1, -0.05) is 0 Å². The zero-order chi connectivity index (χ0) is 22.4. The molecule has 1 fully saturated rings. The maximum absolute atomic E-state index is 12.6. The van der Waals surface area contributed by atoms with Gasteiger partial charge in [-0.05, 0) is 61.4 Å². The van der Waals surface area contributed by atoms with Gasteiger partial charge < -0.3 is 21.3 Å². The van der Waals surface area contributed by atoms with Crippen molar-refractivity contribution < 1.29 is 27.6 Å². The van der Waals surface area contributed by atoms with E-state index >= 15 is 0 Å². The molecular formula is C21H21F3N4O3. The van der Waals surface area contributed by atoms with Crippen LogP contribution < -0.4 is 21.3 Å². The fraction of sp³-hybridized carbons (Fsp3) is 0.286. The quantitative estimate of drug-likeness (QED) is 0.501. The number of carbonyl (C=O) groups is 3. The molecule has 7 nitrogen and oxygen atoms in total. The summed E-state index contributed by atoms with van der Waals surface area (Å²) < 4.78 is 37.7. The highest BCUT2D eigenvalue weighted by Gasteiger charge is 2.30.